The van der Waals surface area contributed by atoms with E-state index in [1.807, 2.05) is 74.4 Å². The van der Waals surface area contributed by atoms with E-state index in [1.165, 1.54) is 0 Å². The molecule has 0 aromatic heterocycles. The number of para-hydroxylation sites is 2. The minimum absolute atomic E-state index is 0.173. The molecule has 126 valence electrons. The minimum Gasteiger partial charge on any atom is -0.482 e. The van der Waals surface area contributed by atoms with E-state index in [-0.39, 0.29) is 12.0 Å². The molecule has 0 aliphatic carbocycles. The van der Waals surface area contributed by atoms with Crippen LogP contribution < -0.4 is 19.7 Å². The Bertz CT molecular complexity index is 713. The fraction of sp³-hybridized carbons (Fsp3) is 0.316. The van der Waals surface area contributed by atoms with Gasteiger partial charge >= 0.3 is 0 Å². The smallest absolute Gasteiger partial charge is 0.265 e. The van der Waals surface area contributed by atoms with Gasteiger partial charge in [-0.3, -0.25) is 4.79 Å². The number of rotatable bonds is 4. The van der Waals surface area contributed by atoms with E-state index in [0.29, 0.717) is 18.0 Å². The van der Waals surface area contributed by atoms with Gasteiger partial charge in [-0.15, -0.1) is 0 Å². The van der Waals surface area contributed by atoms with Crippen molar-refractivity contribution in [2.75, 3.05) is 19.0 Å². The van der Waals surface area contributed by atoms with Crippen LogP contribution >= 0.6 is 0 Å². The third kappa shape index (κ3) is 3.45. The molecular weight excluding hydrogens is 304 g/mol. The van der Waals surface area contributed by atoms with Crippen LogP contribution in [0.1, 0.15) is 12.5 Å². The molecule has 1 N–H and O–H groups in total. The van der Waals surface area contributed by atoms with Gasteiger partial charge in [0.05, 0.1) is 0 Å². The molecule has 1 aliphatic heterocycles. The van der Waals surface area contributed by atoms with Crippen molar-refractivity contribution in [1.29, 1.82) is 0 Å². The number of benzene rings is 2. The lowest BCUT2D eigenvalue weighted by Gasteiger charge is -2.31. The Morgan fingerprint density at radius 1 is 1.04 bits per heavy atom. The van der Waals surface area contributed by atoms with Gasteiger partial charge in [0.1, 0.15) is 6.10 Å². The van der Waals surface area contributed by atoms with Gasteiger partial charge in [0.25, 0.3) is 5.91 Å². The third-order valence-corrected chi connectivity index (χ3v) is 4.02. The van der Waals surface area contributed by atoms with Crippen LogP contribution in [0.4, 0.5) is 5.69 Å². The molecule has 1 heterocycles. The predicted molar refractivity (Wildman–Crippen MR) is 93.6 cm³/mol. The maximum absolute atomic E-state index is 12.4. The quantitative estimate of drug-likeness (QED) is 0.938. The molecule has 5 heteroatoms. The number of hydrogen-bond donors (Lipinski definition) is 1. The van der Waals surface area contributed by atoms with Crippen LogP contribution in [-0.4, -0.2) is 32.2 Å². The third-order valence-electron chi connectivity index (χ3n) is 4.02. The molecule has 3 rings (SSSR count). The summed E-state index contributed by atoms with van der Waals surface area (Å²) in [4.78, 5) is 14.5. The number of fused-ring (bicyclic) bond motifs is 1. The van der Waals surface area contributed by atoms with E-state index >= 15 is 0 Å². The summed E-state index contributed by atoms with van der Waals surface area (Å²) >= 11 is 0. The van der Waals surface area contributed by atoms with Gasteiger partial charge in [0.15, 0.2) is 11.5 Å². The summed E-state index contributed by atoms with van der Waals surface area (Å²) in [6, 6.07) is 15.5. The number of ether oxygens (including phenoxy) is 2. The molecule has 1 amide bonds. The molecule has 0 bridgehead atoms. The first kappa shape index (κ1) is 16.2. The fourth-order valence-corrected chi connectivity index (χ4v) is 2.61. The van der Waals surface area contributed by atoms with Gasteiger partial charge in [0.2, 0.25) is 6.10 Å². The maximum atomic E-state index is 12.4. The van der Waals surface area contributed by atoms with Crippen LogP contribution in [0.2, 0.25) is 0 Å². The van der Waals surface area contributed by atoms with Crippen molar-refractivity contribution in [3.05, 3.63) is 54.1 Å². The van der Waals surface area contributed by atoms with E-state index < -0.39 is 6.10 Å². The van der Waals surface area contributed by atoms with Crippen LogP contribution in [0, 0.1) is 0 Å². The van der Waals surface area contributed by atoms with Gasteiger partial charge in [-0.05, 0) is 36.8 Å². The van der Waals surface area contributed by atoms with E-state index in [0.717, 1.165) is 11.3 Å². The standard InChI is InChI=1S/C19H22N2O3/c1-13-18(24-17-7-5-4-6-16(17)23-13)19(22)20-12-14-8-10-15(11-9-14)21(2)3/h4-11,13,18H,12H2,1-3H3,(H,20,22). The molecule has 0 fully saturated rings. The average molecular weight is 326 g/mol. The van der Waals surface area contributed by atoms with Crippen LogP contribution in [0.15, 0.2) is 48.5 Å². The highest BCUT2D eigenvalue weighted by Crippen LogP contribution is 2.33. The zero-order valence-electron chi connectivity index (χ0n) is 14.2. The molecule has 2 aromatic carbocycles. The van der Waals surface area contributed by atoms with Crippen LogP contribution in [-0.2, 0) is 11.3 Å². The van der Waals surface area contributed by atoms with Crippen LogP contribution in [0.3, 0.4) is 0 Å². The first-order chi connectivity index (χ1) is 11.5. The Kier molecular flexibility index (Phi) is 4.60. The summed E-state index contributed by atoms with van der Waals surface area (Å²) in [7, 11) is 3.99. The van der Waals surface area contributed by atoms with Crippen molar-refractivity contribution >= 4 is 11.6 Å². The van der Waals surface area contributed by atoms with E-state index in [1.54, 1.807) is 0 Å². The van der Waals surface area contributed by atoms with E-state index in [9.17, 15) is 4.79 Å². The maximum Gasteiger partial charge on any atom is 0.265 e. The number of amides is 1. The molecule has 0 saturated carbocycles. The largest absolute Gasteiger partial charge is 0.482 e. The molecule has 0 spiro atoms. The zero-order valence-corrected chi connectivity index (χ0v) is 14.2. The highest BCUT2D eigenvalue weighted by molar-refractivity contribution is 5.82. The van der Waals surface area contributed by atoms with Gasteiger partial charge in [0, 0.05) is 26.3 Å². The summed E-state index contributed by atoms with van der Waals surface area (Å²) < 4.78 is 11.6. The number of nitrogens with zero attached hydrogens (tertiary/aromatic N) is 1. The molecule has 5 nitrogen and oxygen atoms in total. The average Bonchev–Trinajstić information content (AvgIpc) is 2.59. The van der Waals surface area contributed by atoms with Crippen molar-refractivity contribution in [2.45, 2.75) is 25.7 Å². The Hall–Kier alpha value is -2.69. The van der Waals surface area contributed by atoms with Gasteiger partial charge in [-0.2, -0.15) is 0 Å². The summed E-state index contributed by atoms with van der Waals surface area (Å²) in [5, 5.41) is 2.92. The van der Waals surface area contributed by atoms with Crippen LogP contribution in [0.5, 0.6) is 11.5 Å². The van der Waals surface area contributed by atoms with Crippen molar-refractivity contribution < 1.29 is 14.3 Å². The predicted octanol–water partition coefficient (Wildman–Crippen LogP) is 2.60. The summed E-state index contributed by atoms with van der Waals surface area (Å²) in [6.45, 7) is 2.30. The second kappa shape index (κ2) is 6.83. The second-order valence-electron chi connectivity index (χ2n) is 6.09. The van der Waals surface area contributed by atoms with Crippen molar-refractivity contribution in [1.82, 2.24) is 5.32 Å². The summed E-state index contributed by atoms with van der Waals surface area (Å²) in [5.74, 6) is 1.10. The highest BCUT2D eigenvalue weighted by Gasteiger charge is 2.33. The Balaban J connectivity index is 1.61. The summed E-state index contributed by atoms with van der Waals surface area (Å²) in [6.07, 6.45) is -0.989. The Morgan fingerprint density at radius 2 is 1.67 bits per heavy atom. The zero-order chi connectivity index (χ0) is 17.1. The monoisotopic (exact) mass is 326 g/mol. The number of hydrogen-bond acceptors (Lipinski definition) is 4. The lowest BCUT2D eigenvalue weighted by atomic mass is 10.1. The Labute approximate surface area is 142 Å². The lowest BCUT2D eigenvalue weighted by molar-refractivity contribution is -0.133. The number of carbonyl (C=O) groups excluding carboxylic acids is 1. The van der Waals surface area contributed by atoms with Gasteiger partial charge < -0.3 is 19.7 Å². The van der Waals surface area contributed by atoms with Crippen molar-refractivity contribution in [3.63, 3.8) is 0 Å². The molecule has 1 aliphatic rings. The van der Waals surface area contributed by atoms with Crippen molar-refractivity contribution in [3.8, 4) is 11.5 Å². The molecule has 2 aromatic rings. The number of carbonyl (C=O) groups is 1. The highest BCUT2D eigenvalue weighted by atomic mass is 16.6. The van der Waals surface area contributed by atoms with Crippen molar-refractivity contribution in [2.24, 2.45) is 0 Å². The SMILES string of the molecule is CC1Oc2ccccc2OC1C(=O)NCc1ccc(N(C)C)cc1. The van der Waals surface area contributed by atoms with Crippen LogP contribution in [0.25, 0.3) is 0 Å². The fourth-order valence-electron chi connectivity index (χ4n) is 2.61. The number of anilines is 1. The van der Waals surface area contributed by atoms with Gasteiger partial charge in [-0.25, -0.2) is 0 Å². The topological polar surface area (TPSA) is 50.8 Å². The molecule has 2 atom stereocenters. The van der Waals surface area contributed by atoms with E-state index in [2.05, 4.69) is 5.32 Å². The molecule has 24 heavy (non-hydrogen) atoms. The minimum atomic E-state index is -0.652. The molecule has 0 radical (unpaired) electrons. The Morgan fingerprint density at radius 3 is 2.29 bits per heavy atom. The normalized spacial score (nSPS) is 18.8. The van der Waals surface area contributed by atoms with E-state index in [4.69, 9.17) is 9.47 Å². The summed E-state index contributed by atoms with van der Waals surface area (Å²) in [5.41, 5.74) is 2.16. The second-order valence-corrected chi connectivity index (χ2v) is 6.09. The number of nitrogens with one attached hydrogen (secondary N) is 1. The van der Waals surface area contributed by atoms with Gasteiger partial charge in [-0.1, -0.05) is 24.3 Å². The first-order valence-electron chi connectivity index (χ1n) is 8.01. The molecule has 2 unspecified atom stereocenters. The first-order valence-corrected chi connectivity index (χ1v) is 8.01. The lowest BCUT2D eigenvalue weighted by Crippen LogP contribution is -2.48. The molecule has 0 saturated heterocycles. The molecular formula is C19H22N2O3.